The zero-order valence-electron chi connectivity index (χ0n) is 10.5. The van der Waals surface area contributed by atoms with Crippen LogP contribution in [0.25, 0.3) is 0 Å². The van der Waals surface area contributed by atoms with Crippen LogP contribution in [0.15, 0.2) is 12.4 Å². The summed E-state index contributed by atoms with van der Waals surface area (Å²) in [6, 6.07) is 0.255. The van der Waals surface area contributed by atoms with Crippen LogP contribution in [0.2, 0.25) is 0 Å². The summed E-state index contributed by atoms with van der Waals surface area (Å²) in [5, 5.41) is 4.14. The number of aromatic nitrogens is 2. The Kier molecular flexibility index (Phi) is 5.49. The Bertz CT molecular complexity index is 298. The number of hydrogen-bond acceptors (Lipinski definition) is 3. The summed E-state index contributed by atoms with van der Waals surface area (Å²) in [6.07, 6.45) is 7.00. The molecule has 2 N–H and O–H groups in total. The lowest BCUT2D eigenvalue weighted by Gasteiger charge is -2.16. The fourth-order valence-corrected chi connectivity index (χ4v) is 1.94. The number of aryl methyl sites for hydroxylation is 2. The Labute approximate surface area is 97.8 Å². The summed E-state index contributed by atoms with van der Waals surface area (Å²) >= 11 is 0. The fraction of sp³-hybridized carbons (Fsp3) is 0.750. The molecular formula is C12H23N3O. The van der Waals surface area contributed by atoms with Gasteiger partial charge in [0.25, 0.3) is 0 Å². The normalized spacial score (nSPS) is 15.0. The first-order valence-electron chi connectivity index (χ1n) is 5.84. The van der Waals surface area contributed by atoms with E-state index in [4.69, 9.17) is 10.5 Å². The number of nitrogens with zero attached hydrogens (tertiary/aromatic N) is 2. The summed E-state index contributed by atoms with van der Waals surface area (Å²) in [4.78, 5) is 0. The molecule has 0 spiro atoms. The van der Waals surface area contributed by atoms with Crippen molar-refractivity contribution >= 4 is 0 Å². The summed E-state index contributed by atoms with van der Waals surface area (Å²) < 4.78 is 6.93. The standard InChI is InChI=1S/C12H23N3O/c1-10(9-16-3)6-12(13)5-4-11-7-14-15(2)8-11/h7-8,10,12H,4-6,9,13H2,1-3H3. The summed E-state index contributed by atoms with van der Waals surface area (Å²) in [7, 11) is 3.67. The maximum atomic E-state index is 6.08. The molecule has 0 amide bonds. The molecule has 1 heterocycles. The average molecular weight is 225 g/mol. The Hall–Kier alpha value is -0.870. The molecule has 0 aliphatic rings. The van der Waals surface area contributed by atoms with Crippen LogP contribution in [0.5, 0.6) is 0 Å². The zero-order valence-corrected chi connectivity index (χ0v) is 10.5. The van der Waals surface area contributed by atoms with Gasteiger partial charge in [0, 0.05) is 33.0 Å². The molecule has 0 aromatic carbocycles. The third kappa shape index (κ3) is 4.77. The maximum absolute atomic E-state index is 6.08. The van der Waals surface area contributed by atoms with E-state index in [0.717, 1.165) is 25.9 Å². The minimum absolute atomic E-state index is 0.255. The van der Waals surface area contributed by atoms with Crippen molar-refractivity contribution in [2.24, 2.45) is 18.7 Å². The van der Waals surface area contributed by atoms with Gasteiger partial charge in [-0.15, -0.1) is 0 Å². The number of methoxy groups -OCH3 is 1. The number of hydrogen-bond donors (Lipinski definition) is 1. The van der Waals surface area contributed by atoms with Crippen LogP contribution in [0.1, 0.15) is 25.3 Å². The number of nitrogens with two attached hydrogens (primary N) is 1. The van der Waals surface area contributed by atoms with Crippen molar-refractivity contribution in [3.8, 4) is 0 Å². The van der Waals surface area contributed by atoms with Crippen molar-refractivity contribution in [1.29, 1.82) is 0 Å². The minimum Gasteiger partial charge on any atom is -0.384 e. The lowest BCUT2D eigenvalue weighted by atomic mass is 9.98. The van der Waals surface area contributed by atoms with Crippen LogP contribution in [0.4, 0.5) is 0 Å². The van der Waals surface area contributed by atoms with E-state index in [1.165, 1.54) is 5.56 Å². The Morgan fingerprint density at radius 2 is 2.31 bits per heavy atom. The molecule has 1 aromatic rings. The molecule has 0 aliphatic heterocycles. The van der Waals surface area contributed by atoms with Gasteiger partial charge in [-0.3, -0.25) is 4.68 Å². The molecule has 0 saturated carbocycles. The third-order valence-electron chi connectivity index (χ3n) is 2.72. The molecule has 0 fully saturated rings. The predicted molar refractivity (Wildman–Crippen MR) is 65.2 cm³/mol. The van der Waals surface area contributed by atoms with Gasteiger partial charge in [0.05, 0.1) is 6.20 Å². The van der Waals surface area contributed by atoms with E-state index in [9.17, 15) is 0 Å². The highest BCUT2D eigenvalue weighted by Gasteiger charge is 2.09. The zero-order chi connectivity index (χ0) is 12.0. The SMILES string of the molecule is COCC(C)CC(N)CCc1cnn(C)c1. The van der Waals surface area contributed by atoms with E-state index in [1.54, 1.807) is 7.11 Å². The van der Waals surface area contributed by atoms with Gasteiger partial charge in [-0.25, -0.2) is 0 Å². The molecule has 4 nitrogen and oxygen atoms in total. The van der Waals surface area contributed by atoms with Gasteiger partial charge >= 0.3 is 0 Å². The lowest BCUT2D eigenvalue weighted by molar-refractivity contribution is 0.151. The first-order valence-corrected chi connectivity index (χ1v) is 5.84. The van der Waals surface area contributed by atoms with E-state index in [0.29, 0.717) is 5.92 Å². The van der Waals surface area contributed by atoms with Crippen molar-refractivity contribution in [3.05, 3.63) is 18.0 Å². The lowest BCUT2D eigenvalue weighted by Crippen LogP contribution is -2.24. The van der Waals surface area contributed by atoms with Crippen LogP contribution in [0.3, 0.4) is 0 Å². The molecule has 1 aromatic heterocycles. The topological polar surface area (TPSA) is 53.1 Å². The smallest absolute Gasteiger partial charge is 0.0521 e. The third-order valence-corrected chi connectivity index (χ3v) is 2.72. The van der Waals surface area contributed by atoms with Gasteiger partial charge < -0.3 is 10.5 Å². The average Bonchev–Trinajstić information content (AvgIpc) is 2.61. The highest BCUT2D eigenvalue weighted by atomic mass is 16.5. The van der Waals surface area contributed by atoms with E-state index in [-0.39, 0.29) is 6.04 Å². The van der Waals surface area contributed by atoms with Gasteiger partial charge in [-0.2, -0.15) is 5.10 Å². The molecule has 4 heteroatoms. The van der Waals surface area contributed by atoms with Crippen molar-refractivity contribution in [1.82, 2.24) is 9.78 Å². The quantitative estimate of drug-likeness (QED) is 0.762. The largest absolute Gasteiger partial charge is 0.384 e. The van der Waals surface area contributed by atoms with Crippen molar-refractivity contribution in [2.75, 3.05) is 13.7 Å². The van der Waals surface area contributed by atoms with Gasteiger partial charge in [0.2, 0.25) is 0 Å². The van der Waals surface area contributed by atoms with Crippen LogP contribution in [-0.2, 0) is 18.2 Å². The second-order valence-corrected chi connectivity index (χ2v) is 4.62. The van der Waals surface area contributed by atoms with Crippen molar-refractivity contribution < 1.29 is 4.74 Å². The summed E-state index contributed by atoms with van der Waals surface area (Å²) in [5.41, 5.74) is 7.34. The monoisotopic (exact) mass is 225 g/mol. The van der Waals surface area contributed by atoms with Crippen molar-refractivity contribution in [2.45, 2.75) is 32.2 Å². The van der Waals surface area contributed by atoms with E-state index in [2.05, 4.69) is 12.0 Å². The van der Waals surface area contributed by atoms with Crippen LogP contribution < -0.4 is 5.73 Å². The van der Waals surface area contributed by atoms with Gasteiger partial charge in [-0.05, 0) is 30.7 Å². The van der Waals surface area contributed by atoms with Crippen molar-refractivity contribution in [3.63, 3.8) is 0 Å². The highest BCUT2D eigenvalue weighted by molar-refractivity contribution is 5.03. The summed E-state index contributed by atoms with van der Waals surface area (Å²) in [5.74, 6) is 0.536. The van der Waals surface area contributed by atoms with E-state index in [1.807, 2.05) is 24.1 Å². The first-order chi connectivity index (χ1) is 7.61. The van der Waals surface area contributed by atoms with Gasteiger partial charge in [-0.1, -0.05) is 6.92 Å². The van der Waals surface area contributed by atoms with E-state index >= 15 is 0 Å². The Morgan fingerprint density at radius 1 is 1.56 bits per heavy atom. The predicted octanol–water partition coefficient (Wildman–Crippen LogP) is 1.35. The van der Waals surface area contributed by atoms with Crippen LogP contribution in [-0.4, -0.2) is 29.5 Å². The molecule has 0 saturated heterocycles. The molecular weight excluding hydrogens is 202 g/mol. The minimum atomic E-state index is 0.255. The Balaban J connectivity index is 2.22. The van der Waals surface area contributed by atoms with Crippen LogP contribution in [0, 0.1) is 5.92 Å². The highest BCUT2D eigenvalue weighted by Crippen LogP contribution is 2.10. The van der Waals surface area contributed by atoms with Gasteiger partial charge in [0.15, 0.2) is 0 Å². The fourth-order valence-electron chi connectivity index (χ4n) is 1.94. The second kappa shape index (κ2) is 6.66. The molecule has 0 aliphatic carbocycles. The molecule has 0 radical (unpaired) electrons. The number of rotatable bonds is 7. The first kappa shape index (κ1) is 13.2. The summed E-state index contributed by atoms with van der Waals surface area (Å²) in [6.45, 7) is 2.97. The second-order valence-electron chi connectivity index (χ2n) is 4.62. The molecule has 2 unspecified atom stereocenters. The molecule has 2 atom stereocenters. The Morgan fingerprint density at radius 3 is 2.88 bits per heavy atom. The van der Waals surface area contributed by atoms with E-state index < -0.39 is 0 Å². The number of ether oxygens (including phenoxy) is 1. The molecule has 16 heavy (non-hydrogen) atoms. The molecule has 1 rings (SSSR count). The molecule has 0 bridgehead atoms. The van der Waals surface area contributed by atoms with Crippen LogP contribution >= 0.6 is 0 Å². The van der Waals surface area contributed by atoms with Gasteiger partial charge in [0.1, 0.15) is 0 Å². The molecule has 92 valence electrons. The maximum Gasteiger partial charge on any atom is 0.0521 e.